The molecular formula is C25H35N3O4S. The van der Waals surface area contributed by atoms with E-state index >= 15 is 0 Å². The first-order chi connectivity index (χ1) is 15.9. The summed E-state index contributed by atoms with van der Waals surface area (Å²) in [5, 5.41) is 3.03. The van der Waals surface area contributed by atoms with Crippen LogP contribution >= 0.6 is 0 Å². The number of rotatable bonds is 10. The zero-order chi connectivity index (χ0) is 23.8. The highest BCUT2D eigenvalue weighted by Crippen LogP contribution is 2.28. The van der Waals surface area contributed by atoms with E-state index in [0.29, 0.717) is 25.2 Å². The molecule has 0 spiro atoms. The van der Waals surface area contributed by atoms with Gasteiger partial charge in [0.25, 0.3) is 5.91 Å². The second-order valence-corrected chi connectivity index (χ2v) is 10.2. The van der Waals surface area contributed by atoms with Gasteiger partial charge in [-0.05, 0) is 43.1 Å². The van der Waals surface area contributed by atoms with Crippen LogP contribution in [0.5, 0.6) is 5.75 Å². The third kappa shape index (κ3) is 6.13. The third-order valence-corrected chi connectivity index (χ3v) is 8.30. The third-order valence-electron chi connectivity index (χ3n) is 6.22. The van der Waals surface area contributed by atoms with Crippen molar-refractivity contribution >= 4 is 15.9 Å². The summed E-state index contributed by atoms with van der Waals surface area (Å²) in [5.41, 5.74) is 1.57. The quantitative estimate of drug-likeness (QED) is 0.571. The molecule has 1 heterocycles. The average molecular weight is 474 g/mol. The van der Waals surface area contributed by atoms with Gasteiger partial charge in [-0.2, -0.15) is 4.31 Å². The molecule has 0 bridgehead atoms. The molecule has 2 aromatic rings. The molecule has 2 aromatic carbocycles. The fourth-order valence-electron chi connectivity index (χ4n) is 4.35. The SMILES string of the molecule is CCN(CC)S(=O)(=O)c1cc(C(=O)NCC2CCCCN2Cc2ccccc2)ccc1OC. The van der Waals surface area contributed by atoms with Crippen LogP contribution < -0.4 is 10.1 Å². The zero-order valence-corrected chi connectivity index (χ0v) is 20.6. The first-order valence-electron chi connectivity index (χ1n) is 11.6. The summed E-state index contributed by atoms with van der Waals surface area (Å²) >= 11 is 0. The van der Waals surface area contributed by atoms with Crippen molar-refractivity contribution in [2.45, 2.75) is 50.6 Å². The minimum atomic E-state index is -3.76. The zero-order valence-electron chi connectivity index (χ0n) is 19.8. The maximum atomic E-state index is 13.1. The first kappa shape index (κ1) is 25.2. The Labute approximate surface area is 197 Å². The Balaban J connectivity index is 1.73. The summed E-state index contributed by atoms with van der Waals surface area (Å²) < 4.78 is 32.8. The van der Waals surface area contributed by atoms with Crippen molar-refractivity contribution in [3.63, 3.8) is 0 Å². The molecule has 8 heteroatoms. The van der Waals surface area contributed by atoms with Crippen LogP contribution in [-0.4, -0.2) is 62.9 Å². The largest absolute Gasteiger partial charge is 0.495 e. The molecule has 7 nitrogen and oxygen atoms in total. The Morgan fingerprint density at radius 2 is 1.85 bits per heavy atom. The Morgan fingerprint density at radius 1 is 1.12 bits per heavy atom. The number of likely N-dealkylation sites (tertiary alicyclic amines) is 1. The van der Waals surface area contributed by atoms with Gasteiger partial charge in [0, 0.05) is 37.8 Å². The molecule has 1 atom stereocenters. The van der Waals surface area contributed by atoms with Crippen molar-refractivity contribution in [3.8, 4) is 5.75 Å². The van der Waals surface area contributed by atoms with Crippen LogP contribution in [0.4, 0.5) is 0 Å². The van der Waals surface area contributed by atoms with Crippen LogP contribution in [0.1, 0.15) is 49.0 Å². The molecule has 0 aromatic heterocycles. The minimum Gasteiger partial charge on any atom is -0.495 e. The van der Waals surface area contributed by atoms with E-state index in [2.05, 4.69) is 22.3 Å². The second kappa shape index (κ2) is 11.6. The van der Waals surface area contributed by atoms with Gasteiger partial charge in [-0.1, -0.05) is 50.6 Å². The van der Waals surface area contributed by atoms with Gasteiger partial charge in [0.1, 0.15) is 10.6 Å². The van der Waals surface area contributed by atoms with Crippen LogP contribution in [0.3, 0.4) is 0 Å². The number of amides is 1. The highest BCUT2D eigenvalue weighted by Gasteiger charge is 2.27. The molecule has 0 saturated carbocycles. The maximum absolute atomic E-state index is 13.1. The number of methoxy groups -OCH3 is 1. The lowest BCUT2D eigenvalue weighted by atomic mass is 10.0. The number of carbonyl (C=O) groups excluding carboxylic acids is 1. The highest BCUT2D eigenvalue weighted by molar-refractivity contribution is 7.89. The Hall–Kier alpha value is -2.42. The number of benzene rings is 2. The van der Waals surface area contributed by atoms with E-state index in [4.69, 9.17) is 4.74 Å². The number of piperidine rings is 1. The van der Waals surface area contributed by atoms with Crippen LogP contribution in [0.2, 0.25) is 0 Å². The van der Waals surface area contributed by atoms with E-state index in [-0.39, 0.29) is 22.6 Å². The monoisotopic (exact) mass is 473 g/mol. The minimum absolute atomic E-state index is 0.0183. The predicted octanol–water partition coefficient (Wildman–Crippen LogP) is 3.51. The highest BCUT2D eigenvalue weighted by atomic mass is 32.2. The molecule has 1 aliphatic rings. The van der Waals surface area contributed by atoms with Gasteiger partial charge in [-0.3, -0.25) is 9.69 Å². The standard InChI is InChI=1S/C25H35N3O4S/c1-4-28(5-2)33(30,31)24-17-21(14-15-23(24)32-3)25(29)26-18-22-13-9-10-16-27(22)19-20-11-7-6-8-12-20/h6-8,11-12,14-15,17,22H,4-5,9-10,13,16,18-19H2,1-3H3,(H,26,29). The molecule has 1 fully saturated rings. The van der Waals surface area contributed by atoms with Crippen LogP contribution in [-0.2, 0) is 16.6 Å². The maximum Gasteiger partial charge on any atom is 0.251 e. The van der Waals surface area contributed by atoms with Crippen molar-refractivity contribution in [2.75, 3.05) is 33.3 Å². The molecule has 1 N–H and O–H groups in total. The molecule has 0 radical (unpaired) electrons. The van der Waals surface area contributed by atoms with Crippen molar-refractivity contribution in [2.24, 2.45) is 0 Å². The van der Waals surface area contributed by atoms with Gasteiger partial charge >= 0.3 is 0 Å². The van der Waals surface area contributed by atoms with Gasteiger partial charge in [0.15, 0.2) is 0 Å². The average Bonchev–Trinajstić information content (AvgIpc) is 2.84. The van der Waals surface area contributed by atoms with E-state index < -0.39 is 10.0 Å². The van der Waals surface area contributed by atoms with Crippen molar-refractivity contribution in [1.29, 1.82) is 0 Å². The van der Waals surface area contributed by atoms with Crippen molar-refractivity contribution < 1.29 is 17.9 Å². The number of hydrogen-bond acceptors (Lipinski definition) is 5. The van der Waals surface area contributed by atoms with Gasteiger partial charge < -0.3 is 10.1 Å². The molecule has 1 amide bonds. The van der Waals surface area contributed by atoms with Gasteiger partial charge in [0.2, 0.25) is 10.0 Å². The molecule has 33 heavy (non-hydrogen) atoms. The van der Waals surface area contributed by atoms with E-state index in [9.17, 15) is 13.2 Å². The lowest BCUT2D eigenvalue weighted by molar-refractivity contribution is 0.0907. The number of nitrogens with zero attached hydrogens (tertiary/aromatic N) is 2. The Morgan fingerprint density at radius 3 is 2.52 bits per heavy atom. The van der Waals surface area contributed by atoms with Crippen molar-refractivity contribution in [1.82, 2.24) is 14.5 Å². The number of sulfonamides is 1. The van der Waals surface area contributed by atoms with E-state index in [0.717, 1.165) is 32.4 Å². The molecule has 0 aliphatic carbocycles. The van der Waals surface area contributed by atoms with Gasteiger partial charge in [0.05, 0.1) is 7.11 Å². The molecule has 1 unspecified atom stereocenters. The molecule has 3 rings (SSSR count). The van der Waals surface area contributed by atoms with E-state index in [1.807, 2.05) is 18.2 Å². The molecule has 1 saturated heterocycles. The fraction of sp³-hybridized carbons (Fsp3) is 0.480. The van der Waals surface area contributed by atoms with E-state index in [1.165, 1.54) is 23.0 Å². The molecule has 180 valence electrons. The number of nitrogens with one attached hydrogen (secondary N) is 1. The van der Waals surface area contributed by atoms with Gasteiger partial charge in [-0.25, -0.2) is 8.42 Å². The Kier molecular flexibility index (Phi) is 8.88. The Bertz CT molecular complexity index is 1020. The van der Waals surface area contributed by atoms with Crippen LogP contribution in [0, 0.1) is 0 Å². The molecular weight excluding hydrogens is 438 g/mol. The van der Waals surface area contributed by atoms with Gasteiger partial charge in [-0.15, -0.1) is 0 Å². The summed E-state index contributed by atoms with van der Waals surface area (Å²) in [4.78, 5) is 15.4. The van der Waals surface area contributed by atoms with Crippen LogP contribution in [0.25, 0.3) is 0 Å². The first-order valence-corrected chi connectivity index (χ1v) is 13.1. The van der Waals surface area contributed by atoms with Crippen LogP contribution in [0.15, 0.2) is 53.4 Å². The smallest absolute Gasteiger partial charge is 0.251 e. The topological polar surface area (TPSA) is 79.0 Å². The second-order valence-electron chi connectivity index (χ2n) is 8.27. The summed E-state index contributed by atoms with van der Waals surface area (Å²) in [6.45, 7) is 6.65. The van der Waals surface area contributed by atoms with E-state index in [1.54, 1.807) is 26.0 Å². The lowest BCUT2D eigenvalue weighted by Crippen LogP contribution is -2.46. The normalized spacial score (nSPS) is 17.2. The lowest BCUT2D eigenvalue weighted by Gasteiger charge is -2.36. The number of ether oxygens (including phenoxy) is 1. The van der Waals surface area contributed by atoms with Crippen molar-refractivity contribution in [3.05, 3.63) is 59.7 Å². The fourth-order valence-corrected chi connectivity index (χ4v) is 5.99. The summed E-state index contributed by atoms with van der Waals surface area (Å²) in [5.74, 6) is -0.0429. The number of hydrogen-bond donors (Lipinski definition) is 1. The predicted molar refractivity (Wildman–Crippen MR) is 130 cm³/mol. The summed E-state index contributed by atoms with van der Waals surface area (Å²) in [6, 6.07) is 15.2. The number of carbonyl (C=O) groups is 1. The molecule has 1 aliphatic heterocycles. The summed E-state index contributed by atoms with van der Waals surface area (Å²) in [7, 11) is -2.33. The summed E-state index contributed by atoms with van der Waals surface area (Å²) in [6.07, 6.45) is 3.32.